The van der Waals surface area contributed by atoms with Crippen LogP contribution in [0.5, 0.6) is 0 Å². The zero-order valence-electron chi connectivity index (χ0n) is 11.9. The van der Waals surface area contributed by atoms with Gasteiger partial charge in [-0.2, -0.15) is 11.8 Å². The number of thioether (sulfide) groups is 1. The van der Waals surface area contributed by atoms with E-state index in [9.17, 15) is 8.42 Å². The molecule has 20 heavy (non-hydrogen) atoms. The van der Waals surface area contributed by atoms with Gasteiger partial charge in [-0.1, -0.05) is 6.92 Å². The van der Waals surface area contributed by atoms with Crippen molar-refractivity contribution in [2.24, 2.45) is 0 Å². The summed E-state index contributed by atoms with van der Waals surface area (Å²) in [6, 6.07) is 2.38. The average molecular weight is 335 g/mol. The molecular formula is C13H22N2O2S3. The van der Waals surface area contributed by atoms with Crippen LogP contribution in [0, 0.1) is 0 Å². The number of hydrogen-bond donors (Lipinski definition) is 2. The Labute approximate surface area is 129 Å². The van der Waals surface area contributed by atoms with Gasteiger partial charge in [0, 0.05) is 34.6 Å². The molecule has 0 saturated heterocycles. The zero-order chi connectivity index (χ0) is 14.6. The quantitative estimate of drug-likeness (QED) is 0.728. The van der Waals surface area contributed by atoms with Gasteiger partial charge in [-0.05, 0) is 31.6 Å². The lowest BCUT2D eigenvalue weighted by Gasteiger charge is -2.12. The minimum atomic E-state index is -3.37. The van der Waals surface area contributed by atoms with E-state index in [1.165, 1.54) is 24.2 Å². The Morgan fingerprint density at radius 3 is 2.90 bits per heavy atom. The molecule has 4 nitrogen and oxygen atoms in total. The average Bonchev–Trinajstić information content (AvgIpc) is 3.09. The van der Waals surface area contributed by atoms with E-state index in [1.807, 2.05) is 6.92 Å². The Morgan fingerprint density at radius 2 is 2.25 bits per heavy atom. The third-order valence-electron chi connectivity index (χ3n) is 3.01. The molecule has 1 aromatic heterocycles. The molecule has 0 aliphatic heterocycles. The number of thiophene rings is 1. The summed E-state index contributed by atoms with van der Waals surface area (Å²) in [6.07, 6.45) is 2.48. The SMILES string of the molecule is CCSCC(C)NS(=O)(=O)c1csc(CNC2CC2)c1. The van der Waals surface area contributed by atoms with Gasteiger partial charge in [0.05, 0.1) is 4.90 Å². The topological polar surface area (TPSA) is 58.2 Å². The summed E-state index contributed by atoms with van der Waals surface area (Å²) in [5, 5.41) is 5.13. The summed E-state index contributed by atoms with van der Waals surface area (Å²) in [5.74, 6) is 1.80. The van der Waals surface area contributed by atoms with Gasteiger partial charge in [0.1, 0.15) is 0 Å². The van der Waals surface area contributed by atoms with Crippen LogP contribution in [0.3, 0.4) is 0 Å². The van der Waals surface area contributed by atoms with E-state index < -0.39 is 10.0 Å². The van der Waals surface area contributed by atoms with E-state index in [1.54, 1.807) is 23.2 Å². The van der Waals surface area contributed by atoms with Gasteiger partial charge in [-0.3, -0.25) is 0 Å². The summed E-state index contributed by atoms with van der Waals surface area (Å²) < 4.78 is 27.2. The molecule has 1 atom stereocenters. The molecule has 1 heterocycles. The van der Waals surface area contributed by atoms with Crippen LogP contribution in [0.2, 0.25) is 0 Å². The Kier molecular flexibility index (Phi) is 5.92. The molecule has 2 rings (SSSR count). The monoisotopic (exact) mass is 334 g/mol. The van der Waals surface area contributed by atoms with Crippen molar-refractivity contribution in [3.8, 4) is 0 Å². The van der Waals surface area contributed by atoms with E-state index in [4.69, 9.17) is 0 Å². The number of sulfonamides is 1. The predicted octanol–water partition coefficient (Wildman–Crippen LogP) is 2.42. The van der Waals surface area contributed by atoms with Crippen molar-refractivity contribution in [1.29, 1.82) is 0 Å². The van der Waals surface area contributed by atoms with E-state index in [-0.39, 0.29) is 6.04 Å². The second kappa shape index (κ2) is 7.26. The van der Waals surface area contributed by atoms with Crippen LogP contribution in [0.1, 0.15) is 31.6 Å². The largest absolute Gasteiger partial charge is 0.309 e. The van der Waals surface area contributed by atoms with E-state index in [0.29, 0.717) is 10.9 Å². The standard InChI is InChI=1S/C13H22N2O2S3/c1-3-18-8-10(2)15-20(16,17)13-6-12(19-9-13)7-14-11-4-5-11/h6,9-11,14-15H,3-5,7-8H2,1-2H3. The third-order valence-corrected chi connectivity index (χ3v) is 6.81. The summed E-state index contributed by atoms with van der Waals surface area (Å²) >= 11 is 3.25. The lowest BCUT2D eigenvalue weighted by Crippen LogP contribution is -2.34. The van der Waals surface area contributed by atoms with Gasteiger partial charge >= 0.3 is 0 Å². The minimum Gasteiger partial charge on any atom is -0.309 e. The zero-order valence-corrected chi connectivity index (χ0v) is 14.3. The summed E-state index contributed by atoms with van der Waals surface area (Å²) in [6.45, 7) is 4.75. The van der Waals surface area contributed by atoms with Crippen LogP contribution in [0.25, 0.3) is 0 Å². The Morgan fingerprint density at radius 1 is 1.50 bits per heavy atom. The summed E-state index contributed by atoms with van der Waals surface area (Å²) in [4.78, 5) is 1.47. The molecule has 0 spiro atoms. The van der Waals surface area contributed by atoms with E-state index in [0.717, 1.165) is 22.9 Å². The Hall–Kier alpha value is -0.0800. The van der Waals surface area contributed by atoms with Crippen LogP contribution >= 0.6 is 23.1 Å². The molecule has 2 N–H and O–H groups in total. The molecule has 1 aliphatic rings. The van der Waals surface area contributed by atoms with Crippen LogP contribution in [0.15, 0.2) is 16.3 Å². The lowest BCUT2D eigenvalue weighted by molar-refractivity contribution is 0.571. The third kappa shape index (κ3) is 5.04. The molecule has 1 saturated carbocycles. The smallest absolute Gasteiger partial charge is 0.241 e. The molecule has 0 amide bonds. The van der Waals surface area contributed by atoms with Crippen molar-refractivity contribution >= 4 is 33.1 Å². The number of rotatable bonds is 9. The van der Waals surface area contributed by atoms with Gasteiger partial charge in [0.25, 0.3) is 0 Å². The van der Waals surface area contributed by atoms with Crippen molar-refractivity contribution in [2.75, 3.05) is 11.5 Å². The maximum Gasteiger partial charge on any atom is 0.241 e. The first kappa shape index (κ1) is 16.3. The second-order valence-electron chi connectivity index (χ2n) is 5.09. The molecule has 1 fully saturated rings. The molecule has 114 valence electrons. The first-order valence-corrected chi connectivity index (χ1v) is 10.4. The second-order valence-corrected chi connectivity index (χ2v) is 9.11. The minimum absolute atomic E-state index is 0.0436. The van der Waals surface area contributed by atoms with Gasteiger partial charge in [0.2, 0.25) is 10.0 Å². The van der Waals surface area contributed by atoms with E-state index in [2.05, 4.69) is 17.0 Å². The molecule has 1 aromatic rings. The number of nitrogens with one attached hydrogen (secondary N) is 2. The van der Waals surface area contributed by atoms with Crippen molar-refractivity contribution < 1.29 is 8.42 Å². The first-order valence-electron chi connectivity index (χ1n) is 6.92. The first-order chi connectivity index (χ1) is 9.51. The van der Waals surface area contributed by atoms with Crippen molar-refractivity contribution in [3.05, 3.63) is 16.3 Å². The highest BCUT2D eigenvalue weighted by molar-refractivity contribution is 7.99. The molecule has 1 aliphatic carbocycles. The molecular weight excluding hydrogens is 312 g/mol. The van der Waals surface area contributed by atoms with Crippen LogP contribution in [-0.2, 0) is 16.6 Å². The van der Waals surface area contributed by atoms with Crippen LogP contribution in [0.4, 0.5) is 0 Å². The fourth-order valence-electron chi connectivity index (χ4n) is 1.79. The molecule has 0 bridgehead atoms. The van der Waals surface area contributed by atoms with Crippen LogP contribution in [-0.4, -0.2) is 32.0 Å². The molecule has 7 heteroatoms. The van der Waals surface area contributed by atoms with Crippen molar-refractivity contribution in [3.63, 3.8) is 0 Å². The van der Waals surface area contributed by atoms with Crippen LogP contribution < -0.4 is 10.0 Å². The van der Waals surface area contributed by atoms with Crippen molar-refractivity contribution in [1.82, 2.24) is 10.0 Å². The van der Waals surface area contributed by atoms with Gasteiger partial charge in [0.15, 0.2) is 0 Å². The van der Waals surface area contributed by atoms with Gasteiger partial charge in [-0.25, -0.2) is 13.1 Å². The fourth-order valence-corrected chi connectivity index (χ4v) is 5.04. The maximum atomic E-state index is 12.2. The normalized spacial score (nSPS) is 17.3. The molecule has 0 aromatic carbocycles. The highest BCUT2D eigenvalue weighted by Crippen LogP contribution is 2.23. The predicted molar refractivity (Wildman–Crippen MR) is 87.0 cm³/mol. The summed E-state index contributed by atoms with van der Waals surface area (Å²) in [5.41, 5.74) is 0. The Bertz CT molecular complexity index is 523. The van der Waals surface area contributed by atoms with Gasteiger partial charge in [-0.15, -0.1) is 11.3 Å². The highest BCUT2D eigenvalue weighted by Gasteiger charge is 2.22. The maximum absolute atomic E-state index is 12.2. The lowest BCUT2D eigenvalue weighted by atomic mass is 10.4. The van der Waals surface area contributed by atoms with Crippen molar-refractivity contribution in [2.45, 2.75) is 50.2 Å². The van der Waals surface area contributed by atoms with Gasteiger partial charge < -0.3 is 5.32 Å². The Balaban J connectivity index is 1.90. The number of hydrogen-bond acceptors (Lipinski definition) is 5. The summed E-state index contributed by atoms with van der Waals surface area (Å²) in [7, 11) is -3.37. The molecule has 0 radical (unpaired) electrons. The highest BCUT2D eigenvalue weighted by atomic mass is 32.2. The fraction of sp³-hybridized carbons (Fsp3) is 0.692. The molecule has 1 unspecified atom stereocenters. The van der Waals surface area contributed by atoms with E-state index >= 15 is 0 Å².